The molecule has 0 saturated carbocycles. The molecule has 4 rings (SSSR count). The van der Waals surface area contributed by atoms with Crippen molar-refractivity contribution in [2.45, 2.75) is 0 Å². The lowest BCUT2D eigenvalue weighted by atomic mass is 10.1. The highest BCUT2D eigenvalue weighted by atomic mass is 35.5. The van der Waals surface area contributed by atoms with Crippen LogP contribution in [-0.2, 0) is 9.53 Å². The monoisotopic (exact) mass is 479 g/mol. The van der Waals surface area contributed by atoms with Gasteiger partial charge in [-0.2, -0.15) is 0 Å². The van der Waals surface area contributed by atoms with Gasteiger partial charge in [0.05, 0.1) is 37.6 Å². The molecule has 1 aliphatic heterocycles. The normalized spacial score (nSPS) is 13.8. The molecule has 7 nitrogen and oxygen atoms in total. The van der Waals surface area contributed by atoms with E-state index in [-0.39, 0.29) is 23.4 Å². The summed E-state index contributed by atoms with van der Waals surface area (Å²) in [6.45, 7) is 2.80. The van der Waals surface area contributed by atoms with Crippen molar-refractivity contribution in [1.82, 2.24) is 4.90 Å². The minimum absolute atomic E-state index is 0.217. The molecule has 0 aliphatic carbocycles. The van der Waals surface area contributed by atoms with E-state index in [1.165, 1.54) is 13.2 Å². The Morgan fingerprint density at radius 1 is 0.971 bits per heavy atom. The second-order valence-electron chi connectivity index (χ2n) is 7.87. The average molecular weight is 480 g/mol. The van der Waals surface area contributed by atoms with E-state index >= 15 is 0 Å². The van der Waals surface area contributed by atoms with Crippen LogP contribution in [0.5, 0.6) is 5.75 Å². The van der Waals surface area contributed by atoms with Crippen molar-refractivity contribution in [2.75, 3.05) is 50.6 Å². The number of carbonyl (C=O) groups excluding carboxylic acids is 2. The zero-order valence-corrected chi connectivity index (χ0v) is 19.6. The number of nitrogens with zero attached hydrogens (tertiary/aromatic N) is 1. The highest BCUT2D eigenvalue weighted by Crippen LogP contribution is 2.35. The minimum Gasteiger partial charge on any atom is -0.493 e. The predicted molar refractivity (Wildman–Crippen MR) is 134 cm³/mol. The number of ether oxygens (including phenoxy) is 2. The summed E-state index contributed by atoms with van der Waals surface area (Å²) in [6, 6.07) is 20.7. The molecule has 1 aliphatic rings. The zero-order valence-electron chi connectivity index (χ0n) is 18.8. The fraction of sp³-hybridized carbons (Fsp3) is 0.231. The number of anilines is 2. The predicted octanol–water partition coefficient (Wildman–Crippen LogP) is 4.54. The van der Waals surface area contributed by atoms with Crippen molar-refractivity contribution < 1.29 is 19.1 Å². The average Bonchev–Trinajstić information content (AvgIpc) is 2.85. The fourth-order valence-electron chi connectivity index (χ4n) is 3.76. The maximum atomic E-state index is 12.9. The largest absolute Gasteiger partial charge is 0.493 e. The number of hydrogen-bond donors (Lipinski definition) is 2. The third-order valence-corrected chi connectivity index (χ3v) is 5.79. The topological polar surface area (TPSA) is 79.9 Å². The molecule has 1 saturated heterocycles. The quantitative estimate of drug-likeness (QED) is 0.520. The van der Waals surface area contributed by atoms with E-state index in [0.717, 1.165) is 11.1 Å². The molecular formula is C26H26ClN3O4. The molecule has 0 radical (unpaired) electrons. The van der Waals surface area contributed by atoms with Gasteiger partial charge in [0, 0.05) is 24.3 Å². The smallest absolute Gasteiger partial charge is 0.255 e. The van der Waals surface area contributed by atoms with Crippen molar-refractivity contribution in [3.05, 3.63) is 77.3 Å². The Bertz CT molecular complexity index is 1150. The van der Waals surface area contributed by atoms with Gasteiger partial charge < -0.3 is 20.1 Å². The first-order valence-electron chi connectivity index (χ1n) is 11.0. The molecule has 176 valence electrons. The van der Waals surface area contributed by atoms with Gasteiger partial charge in [-0.05, 0) is 35.4 Å². The molecule has 0 unspecified atom stereocenters. The van der Waals surface area contributed by atoms with E-state index in [1.54, 1.807) is 6.07 Å². The summed E-state index contributed by atoms with van der Waals surface area (Å²) in [4.78, 5) is 27.5. The first kappa shape index (κ1) is 23.8. The lowest BCUT2D eigenvalue weighted by molar-refractivity contribution is -0.118. The third-order valence-electron chi connectivity index (χ3n) is 5.50. The highest BCUT2D eigenvalue weighted by Gasteiger charge is 2.19. The van der Waals surface area contributed by atoms with Gasteiger partial charge in [0.25, 0.3) is 5.91 Å². The third kappa shape index (κ3) is 5.94. The summed E-state index contributed by atoms with van der Waals surface area (Å²) in [5, 5.41) is 5.93. The summed E-state index contributed by atoms with van der Waals surface area (Å²) in [5.41, 5.74) is 3.45. The van der Waals surface area contributed by atoms with Crippen molar-refractivity contribution in [3.63, 3.8) is 0 Å². The van der Waals surface area contributed by atoms with Gasteiger partial charge in [0.2, 0.25) is 5.91 Å². The standard InChI is InChI=1S/C26H26ClN3O4/c1-33-25-22(27)15-20(16-23(25)29-24(31)17-30-11-13-34-14-12-30)26(32)28-21-9-7-19(8-10-21)18-5-3-2-4-6-18/h2-10,15-16H,11-14,17H2,1H3,(H,28,32)(H,29,31). The van der Waals surface area contributed by atoms with Crippen molar-refractivity contribution >= 4 is 34.8 Å². The number of morpholine rings is 1. The number of methoxy groups -OCH3 is 1. The molecule has 2 N–H and O–H groups in total. The van der Waals surface area contributed by atoms with Crippen LogP contribution in [0.25, 0.3) is 11.1 Å². The highest BCUT2D eigenvalue weighted by molar-refractivity contribution is 6.33. The number of benzene rings is 3. The van der Waals surface area contributed by atoms with E-state index in [9.17, 15) is 9.59 Å². The maximum Gasteiger partial charge on any atom is 0.255 e. The Balaban J connectivity index is 1.47. The molecule has 2 amide bonds. The fourth-order valence-corrected chi connectivity index (χ4v) is 4.05. The molecule has 0 spiro atoms. The first-order valence-corrected chi connectivity index (χ1v) is 11.4. The van der Waals surface area contributed by atoms with Crippen molar-refractivity contribution in [1.29, 1.82) is 0 Å². The van der Waals surface area contributed by atoms with Crippen LogP contribution in [0.4, 0.5) is 11.4 Å². The minimum atomic E-state index is -0.347. The molecule has 0 atom stereocenters. The molecular weight excluding hydrogens is 454 g/mol. The van der Waals surface area contributed by atoms with Gasteiger partial charge in [-0.1, -0.05) is 54.1 Å². The maximum absolute atomic E-state index is 12.9. The first-order chi connectivity index (χ1) is 16.5. The summed E-state index contributed by atoms with van der Waals surface area (Å²) < 4.78 is 10.7. The van der Waals surface area contributed by atoms with E-state index in [1.807, 2.05) is 59.5 Å². The molecule has 1 heterocycles. The second kappa shape index (κ2) is 11.2. The van der Waals surface area contributed by atoms with Crippen LogP contribution < -0.4 is 15.4 Å². The molecule has 34 heavy (non-hydrogen) atoms. The van der Waals surface area contributed by atoms with E-state index in [4.69, 9.17) is 21.1 Å². The Labute approximate surface area is 203 Å². The van der Waals surface area contributed by atoms with Gasteiger partial charge in [-0.15, -0.1) is 0 Å². The number of rotatable bonds is 7. The number of carbonyl (C=O) groups is 2. The lowest BCUT2D eigenvalue weighted by Gasteiger charge is -2.26. The Morgan fingerprint density at radius 3 is 2.32 bits per heavy atom. The Hall–Kier alpha value is -3.39. The Kier molecular flexibility index (Phi) is 7.80. The van der Waals surface area contributed by atoms with E-state index < -0.39 is 0 Å². The lowest BCUT2D eigenvalue weighted by Crippen LogP contribution is -2.41. The van der Waals surface area contributed by atoms with Crippen LogP contribution in [0.1, 0.15) is 10.4 Å². The molecule has 3 aromatic carbocycles. The number of halogens is 1. The zero-order chi connectivity index (χ0) is 23.9. The molecule has 3 aromatic rings. The molecule has 0 bridgehead atoms. The van der Waals surface area contributed by atoms with Gasteiger partial charge in [0.15, 0.2) is 5.75 Å². The summed E-state index contributed by atoms with van der Waals surface area (Å²) in [7, 11) is 1.47. The van der Waals surface area contributed by atoms with E-state index in [2.05, 4.69) is 10.6 Å². The molecule has 8 heteroatoms. The van der Waals surface area contributed by atoms with Gasteiger partial charge in [-0.3, -0.25) is 14.5 Å². The van der Waals surface area contributed by atoms with Crippen LogP contribution in [0.15, 0.2) is 66.7 Å². The van der Waals surface area contributed by atoms with Crippen LogP contribution in [0.3, 0.4) is 0 Å². The van der Waals surface area contributed by atoms with Gasteiger partial charge >= 0.3 is 0 Å². The summed E-state index contributed by atoms with van der Waals surface area (Å²) in [6.07, 6.45) is 0. The van der Waals surface area contributed by atoms with Crippen LogP contribution in [0, 0.1) is 0 Å². The summed E-state index contributed by atoms with van der Waals surface area (Å²) >= 11 is 6.36. The van der Waals surface area contributed by atoms with Gasteiger partial charge in [0.1, 0.15) is 0 Å². The van der Waals surface area contributed by atoms with E-state index in [0.29, 0.717) is 49.0 Å². The van der Waals surface area contributed by atoms with Crippen molar-refractivity contribution in [3.8, 4) is 16.9 Å². The van der Waals surface area contributed by atoms with Crippen LogP contribution >= 0.6 is 11.6 Å². The number of hydrogen-bond acceptors (Lipinski definition) is 5. The molecule has 1 fully saturated rings. The number of amides is 2. The number of nitrogens with one attached hydrogen (secondary N) is 2. The van der Waals surface area contributed by atoms with Gasteiger partial charge in [-0.25, -0.2) is 0 Å². The summed E-state index contributed by atoms with van der Waals surface area (Å²) in [5.74, 6) is -0.258. The second-order valence-corrected chi connectivity index (χ2v) is 8.28. The van der Waals surface area contributed by atoms with Crippen molar-refractivity contribution in [2.24, 2.45) is 0 Å². The SMILES string of the molecule is COc1c(Cl)cc(C(=O)Nc2ccc(-c3ccccc3)cc2)cc1NC(=O)CN1CCOCC1. The van der Waals surface area contributed by atoms with Crippen LogP contribution in [-0.4, -0.2) is 56.7 Å². The van der Waals surface area contributed by atoms with Crippen LogP contribution in [0.2, 0.25) is 5.02 Å². The Morgan fingerprint density at radius 2 is 1.65 bits per heavy atom. The molecule has 0 aromatic heterocycles.